The standard InChI is InChI=1S/C25H21N3OS2/c1-16-3-6-21(7-4-16)31-27-20-12-18(13-26-14-20)24-10-9-23(30-24)17-5-8-22-19(11-17)15-28(2)25(22)29/h3-14,27H,15H2,1-2H3. The van der Waals surface area contributed by atoms with Gasteiger partial charge in [0.2, 0.25) is 0 Å². The number of thiophene rings is 1. The van der Waals surface area contributed by atoms with E-state index in [9.17, 15) is 4.79 Å². The number of carbonyl (C=O) groups is 1. The van der Waals surface area contributed by atoms with Crippen LogP contribution in [0.3, 0.4) is 0 Å². The fourth-order valence-corrected chi connectivity index (χ4v) is 5.23. The Morgan fingerprint density at radius 3 is 2.55 bits per heavy atom. The first-order chi connectivity index (χ1) is 15.1. The number of rotatable bonds is 5. The number of fused-ring (bicyclic) bond motifs is 1. The maximum atomic E-state index is 12.1. The van der Waals surface area contributed by atoms with E-state index in [-0.39, 0.29) is 5.91 Å². The van der Waals surface area contributed by atoms with Gasteiger partial charge in [-0.1, -0.05) is 23.8 Å². The van der Waals surface area contributed by atoms with Crippen LogP contribution in [0.4, 0.5) is 5.69 Å². The van der Waals surface area contributed by atoms with Crippen LogP contribution in [0.1, 0.15) is 21.5 Å². The molecule has 1 amide bonds. The Morgan fingerprint density at radius 1 is 0.968 bits per heavy atom. The highest BCUT2D eigenvalue weighted by molar-refractivity contribution is 8.00. The van der Waals surface area contributed by atoms with Crippen molar-refractivity contribution in [3.63, 3.8) is 0 Å². The van der Waals surface area contributed by atoms with Crippen molar-refractivity contribution in [2.75, 3.05) is 11.8 Å². The van der Waals surface area contributed by atoms with E-state index < -0.39 is 0 Å². The molecule has 31 heavy (non-hydrogen) atoms. The molecule has 154 valence electrons. The molecule has 0 unspecified atom stereocenters. The first-order valence-electron chi connectivity index (χ1n) is 10.0. The molecule has 6 heteroatoms. The highest BCUT2D eigenvalue weighted by Gasteiger charge is 2.24. The van der Waals surface area contributed by atoms with Gasteiger partial charge in [-0.25, -0.2) is 0 Å². The molecule has 0 radical (unpaired) electrons. The largest absolute Gasteiger partial charge is 0.337 e. The van der Waals surface area contributed by atoms with Crippen LogP contribution in [0.5, 0.6) is 0 Å². The summed E-state index contributed by atoms with van der Waals surface area (Å²) in [6, 6.07) is 21.0. The van der Waals surface area contributed by atoms with Gasteiger partial charge in [0, 0.05) is 45.6 Å². The minimum absolute atomic E-state index is 0.104. The predicted molar refractivity (Wildman–Crippen MR) is 129 cm³/mol. The van der Waals surface area contributed by atoms with Crippen LogP contribution in [0.2, 0.25) is 0 Å². The second kappa shape index (κ2) is 8.21. The first kappa shape index (κ1) is 19.8. The maximum absolute atomic E-state index is 12.1. The van der Waals surface area contributed by atoms with Gasteiger partial charge in [0.05, 0.1) is 11.9 Å². The monoisotopic (exact) mass is 443 g/mol. The quantitative estimate of drug-likeness (QED) is 0.358. The van der Waals surface area contributed by atoms with Crippen LogP contribution in [0.15, 0.2) is 78.0 Å². The Balaban J connectivity index is 1.34. The maximum Gasteiger partial charge on any atom is 0.254 e. The molecule has 0 fully saturated rings. The third-order valence-electron chi connectivity index (χ3n) is 5.31. The molecule has 0 saturated heterocycles. The van der Waals surface area contributed by atoms with Crippen molar-refractivity contribution >= 4 is 34.9 Å². The number of carbonyl (C=O) groups excluding carboxylic acids is 1. The van der Waals surface area contributed by atoms with Crippen LogP contribution in [-0.4, -0.2) is 22.8 Å². The van der Waals surface area contributed by atoms with Crippen molar-refractivity contribution in [2.45, 2.75) is 18.4 Å². The van der Waals surface area contributed by atoms with E-state index in [1.807, 2.05) is 31.6 Å². The summed E-state index contributed by atoms with van der Waals surface area (Å²) in [5.41, 5.74) is 6.37. The Hall–Kier alpha value is -3.09. The zero-order valence-corrected chi connectivity index (χ0v) is 18.9. The van der Waals surface area contributed by atoms with Crippen molar-refractivity contribution in [2.24, 2.45) is 0 Å². The number of anilines is 1. The van der Waals surface area contributed by atoms with Crippen molar-refractivity contribution in [3.05, 3.63) is 89.7 Å². The first-order valence-corrected chi connectivity index (χ1v) is 11.6. The highest BCUT2D eigenvalue weighted by atomic mass is 32.2. The van der Waals surface area contributed by atoms with Crippen LogP contribution in [0.25, 0.3) is 20.9 Å². The fraction of sp³-hybridized carbons (Fsp3) is 0.120. The highest BCUT2D eigenvalue weighted by Crippen LogP contribution is 2.37. The van der Waals surface area contributed by atoms with Gasteiger partial charge in [0.1, 0.15) is 0 Å². The number of nitrogens with one attached hydrogen (secondary N) is 1. The lowest BCUT2D eigenvalue weighted by molar-refractivity contribution is 0.0816. The topological polar surface area (TPSA) is 45.2 Å². The Kier molecular flexibility index (Phi) is 5.26. The smallest absolute Gasteiger partial charge is 0.254 e. The number of nitrogens with zero attached hydrogens (tertiary/aromatic N) is 2. The molecule has 1 N–H and O–H groups in total. The number of amides is 1. The lowest BCUT2D eigenvalue weighted by Gasteiger charge is -2.07. The number of aromatic nitrogens is 1. The second-order valence-electron chi connectivity index (χ2n) is 7.68. The van der Waals surface area contributed by atoms with Gasteiger partial charge in [-0.3, -0.25) is 9.78 Å². The summed E-state index contributed by atoms with van der Waals surface area (Å²) in [6.45, 7) is 2.77. The van der Waals surface area contributed by atoms with Crippen LogP contribution in [-0.2, 0) is 6.54 Å². The summed E-state index contributed by atoms with van der Waals surface area (Å²) in [4.78, 5) is 21.8. The zero-order valence-electron chi connectivity index (χ0n) is 17.3. The summed E-state index contributed by atoms with van der Waals surface area (Å²) < 4.78 is 3.39. The molecule has 0 saturated carbocycles. The average Bonchev–Trinajstić information content (AvgIpc) is 3.39. The molecule has 0 atom stereocenters. The van der Waals surface area contributed by atoms with E-state index in [4.69, 9.17) is 0 Å². The third kappa shape index (κ3) is 4.09. The molecule has 0 aliphatic carbocycles. The van der Waals surface area contributed by atoms with Crippen molar-refractivity contribution in [1.82, 2.24) is 9.88 Å². The summed E-state index contributed by atoms with van der Waals surface area (Å²) in [5.74, 6) is 0.104. The van der Waals surface area contributed by atoms with E-state index in [2.05, 4.69) is 65.2 Å². The predicted octanol–water partition coefficient (Wildman–Crippen LogP) is 6.49. The van der Waals surface area contributed by atoms with E-state index in [1.165, 1.54) is 15.3 Å². The number of pyridine rings is 1. The SMILES string of the molecule is Cc1ccc(SNc2cncc(-c3ccc(-c4ccc5c(c4)CN(C)C5=O)s3)c2)cc1. The van der Waals surface area contributed by atoms with Crippen molar-refractivity contribution in [3.8, 4) is 20.9 Å². The number of benzene rings is 2. The Labute approximate surface area is 190 Å². The lowest BCUT2D eigenvalue weighted by atomic mass is 10.1. The van der Waals surface area contributed by atoms with E-state index in [1.54, 1.807) is 28.2 Å². The number of hydrogen-bond donors (Lipinski definition) is 1. The van der Waals surface area contributed by atoms with Crippen LogP contribution in [0, 0.1) is 6.92 Å². The van der Waals surface area contributed by atoms with Gasteiger partial charge in [-0.05, 0) is 72.5 Å². The number of aryl methyl sites for hydroxylation is 1. The second-order valence-corrected chi connectivity index (χ2v) is 9.64. The molecule has 3 heterocycles. The molecule has 2 aromatic carbocycles. The van der Waals surface area contributed by atoms with Gasteiger partial charge in [0.15, 0.2) is 0 Å². The summed E-state index contributed by atoms with van der Waals surface area (Å²) in [7, 11) is 1.84. The summed E-state index contributed by atoms with van der Waals surface area (Å²) in [5, 5.41) is 0. The van der Waals surface area contributed by atoms with Crippen molar-refractivity contribution < 1.29 is 4.79 Å². The minimum Gasteiger partial charge on any atom is -0.337 e. The van der Waals surface area contributed by atoms with Crippen LogP contribution >= 0.6 is 23.3 Å². The van der Waals surface area contributed by atoms with Crippen molar-refractivity contribution in [1.29, 1.82) is 0 Å². The molecule has 4 nitrogen and oxygen atoms in total. The molecule has 0 spiro atoms. The third-order valence-corrected chi connectivity index (χ3v) is 7.34. The van der Waals surface area contributed by atoms with Gasteiger partial charge >= 0.3 is 0 Å². The molecule has 5 rings (SSSR count). The van der Waals surface area contributed by atoms with E-state index in [0.717, 1.165) is 32.8 Å². The lowest BCUT2D eigenvalue weighted by Crippen LogP contribution is -2.17. The van der Waals surface area contributed by atoms with E-state index >= 15 is 0 Å². The molecule has 2 aromatic heterocycles. The van der Waals surface area contributed by atoms with Gasteiger partial charge in [0.25, 0.3) is 5.91 Å². The summed E-state index contributed by atoms with van der Waals surface area (Å²) in [6.07, 6.45) is 3.74. The van der Waals surface area contributed by atoms with Gasteiger partial charge in [-0.2, -0.15) is 0 Å². The molecular formula is C25H21N3OS2. The molecule has 1 aliphatic rings. The minimum atomic E-state index is 0.104. The average molecular weight is 444 g/mol. The zero-order chi connectivity index (χ0) is 21.4. The molecule has 0 bridgehead atoms. The van der Waals surface area contributed by atoms with Gasteiger partial charge in [-0.15, -0.1) is 11.3 Å². The van der Waals surface area contributed by atoms with Crippen LogP contribution < -0.4 is 4.72 Å². The molecular weight excluding hydrogens is 422 g/mol. The Morgan fingerprint density at radius 2 is 1.74 bits per heavy atom. The molecule has 1 aliphatic heterocycles. The summed E-state index contributed by atoms with van der Waals surface area (Å²) >= 11 is 3.32. The Bertz CT molecular complexity index is 1260. The molecule has 4 aromatic rings. The van der Waals surface area contributed by atoms with Gasteiger partial charge < -0.3 is 9.62 Å². The fourth-order valence-electron chi connectivity index (χ4n) is 3.62. The normalized spacial score (nSPS) is 12.8. The number of hydrogen-bond acceptors (Lipinski definition) is 5. The van der Waals surface area contributed by atoms with E-state index in [0.29, 0.717) is 6.54 Å².